The van der Waals surface area contributed by atoms with E-state index in [-0.39, 0.29) is 6.04 Å². The lowest BCUT2D eigenvalue weighted by Gasteiger charge is -2.34. The molecule has 0 aliphatic carbocycles. The SMILES string of the molecule is Cc1ccc(C(CN=C(N)N2CCCC2)N2CCOCC2)cc1. The Bertz CT molecular complexity index is 516. The number of hydrogen-bond donors (Lipinski definition) is 1. The lowest BCUT2D eigenvalue weighted by Crippen LogP contribution is -2.41. The highest BCUT2D eigenvalue weighted by atomic mass is 16.5. The Hall–Kier alpha value is -1.59. The molecule has 1 aromatic rings. The van der Waals surface area contributed by atoms with Gasteiger partial charge in [-0.2, -0.15) is 0 Å². The zero-order valence-electron chi connectivity index (χ0n) is 14.1. The van der Waals surface area contributed by atoms with E-state index >= 15 is 0 Å². The van der Waals surface area contributed by atoms with E-state index in [1.807, 2.05) is 0 Å². The predicted molar refractivity (Wildman–Crippen MR) is 93.6 cm³/mol. The zero-order chi connectivity index (χ0) is 16.1. The van der Waals surface area contributed by atoms with Crippen molar-refractivity contribution in [3.63, 3.8) is 0 Å². The van der Waals surface area contributed by atoms with Crippen LogP contribution in [0.1, 0.15) is 30.0 Å². The fourth-order valence-corrected chi connectivity index (χ4v) is 3.34. The van der Waals surface area contributed by atoms with Crippen LogP contribution in [0.2, 0.25) is 0 Å². The lowest BCUT2D eigenvalue weighted by molar-refractivity contribution is 0.0179. The normalized spacial score (nSPS) is 21.6. The monoisotopic (exact) mass is 316 g/mol. The van der Waals surface area contributed by atoms with Crippen LogP contribution in [-0.4, -0.2) is 61.7 Å². The van der Waals surface area contributed by atoms with Gasteiger partial charge in [-0.05, 0) is 25.3 Å². The summed E-state index contributed by atoms with van der Waals surface area (Å²) in [6, 6.07) is 9.07. The van der Waals surface area contributed by atoms with Crippen molar-refractivity contribution in [3.8, 4) is 0 Å². The van der Waals surface area contributed by atoms with Crippen LogP contribution >= 0.6 is 0 Å². The van der Waals surface area contributed by atoms with Crippen LogP contribution in [0.15, 0.2) is 29.3 Å². The first kappa shape index (κ1) is 16.3. The van der Waals surface area contributed by atoms with Gasteiger partial charge in [0.25, 0.3) is 0 Å². The van der Waals surface area contributed by atoms with Crippen molar-refractivity contribution in [1.29, 1.82) is 0 Å². The third-order valence-corrected chi connectivity index (χ3v) is 4.80. The molecule has 2 N–H and O–H groups in total. The van der Waals surface area contributed by atoms with Gasteiger partial charge in [-0.15, -0.1) is 0 Å². The predicted octanol–water partition coefficient (Wildman–Crippen LogP) is 1.78. The van der Waals surface area contributed by atoms with Crippen molar-refractivity contribution < 1.29 is 4.74 Å². The molecule has 2 fully saturated rings. The summed E-state index contributed by atoms with van der Waals surface area (Å²) in [5, 5.41) is 0. The molecule has 3 rings (SSSR count). The van der Waals surface area contributed by atoms with Gasteiger partial charge in [0.1, 0.15) is 0 Å². The summed E-state index contributed by atoms with van der Waals surface area (Å²) in [5.74, 6) is 0.702. The van der Waals surface area contributed by atoms with Crippen LogP contribution in [0.3, 0.4) is 0 Å². The summed E-state index contributed by atoms with van der Waals surface area (Å²) in [7, 11) is 0. The highest BCUT2D eigenvalue weighted by Gasteiger charge is 2.23. The molecule has 5 heteroatoms. The number of morpholine rings is 1. The minimum atomic E-state index is 0.278. The number of nitrogens with zero attached hydrogens (tertiary/aromatic N) is 3. The van der Waals surface area contributed by atoms with E-state index in [1.54, 1.807) is 0 Å². The van der Waals surface area contributed by atoms with Gasteiger partial charge in [0.05, 0.1) is 25.8 Å². The highest BCUT2D eigenvalue weighted by molar-refractivity contribution is 5.78. The van der Waals surface area contributed by atoms with Crippen molar-refractivity contribution in [2.75, 3.05) is 45.9 Å². The maximum Gasteiger partial charge on any atom is 0.191 e. The van der Waals surface area contributed by atoms with E-state index in [9.17, 15) is 0 Å². The van der Waals surface area contributed by atoms with Gasteiger partial charge in [-0.25, -0.2) is 0 Å². The summed E-state index contributed by atoms with van der Waals surface area (Å²) >= 11 is 0. The Balaban J connectivity index is 1.74. The standard InChI is InChI=1S/C18H28N4O/c1-15-4-6-16(7-5-15)17(21-10-12-23-13-11-21)14-20-18(19)22-8-2-3-9-22/h4-7,17H,2-3,8-14H2,1H3,(H2,19,20). The largest absolute Gasteiger partial charge is 0.379 e. The topological polar surface area (TPSA) is 54.1 Å². The van der Waals surface area contributed by atoms with Crippen LogP contribution in [0, 0.1) is 6.92 Å². The fraction of sp³-hybridized carbons (Fsp3) is 0.611. The van der Waals surface area contributed by atoms with Gasteiger partial charge >= 0.3 is 0 Å². The molecule has 1 aromatic carbocycles. The average Bonchev–Trinajstić information content (AvgIpc) is 3.12. The van der Waals surface area contributed by atoms with Crippen molar-refractivity contribution >= 4 is 5.96 Å². The summed E-state index contributed by atoms with van der Waals surface area (Å²) in [6.07, 6.45) is 2.45. The molecule has 0 bridgehead atoms. The number of nitrogens with two attached hydrogens (primary N) is 1. The van der Waals surface area contributed by atoms with Crippen molar-refractivity contribution in [2.24, 2.45) is 10.7 Å². The molecular formula is C18H28N4O. The number of benzene rings is 1. The molecule has 23 heavy (non-hydrogen) atoms. The van der Waals surface area contributed by atoms with Gasteiger partial charge in [0.2, 0.25) is 0 Å². The number of ether oxygens (including phenoxy) is 1. The minimum Gasteiger partial charge on any atom is -0.379 e. The van der Waals surface area contributed by atoms with E-state index in [2.05, 4.69) is 41.0 Å². The smallest absolute Gasteiger partial charge is 0.191 e. The first-order valence-electron chi connectivity index (χ1n) is 8.67. The van der Waals surface area contributed by atoms with E-state index in [0.29, 0.717) is 12.5 Å². The van der Waals surface area contributed by atoms with Gasteiger partial charge < -0.3 is 15.4 Å². The molecule has 0 radical (unpaired) electrons. The number of aryl methyl sites for hydroxylation is 1. The van der Waals surface area contributed by atoms with Crippen molar-refractivity contribution in [1.82, 2.24) is 9.80 Å². The van der Waals surface area contributed by atoms with E-state index in [0.717, 1.165) is 39.4 Å². The van der Waals surface area contributed by atoms with E-state index < -0.39 is 0 Å². The molecule has 1 unspecified atom stereocenters. The number of hydrogen-bond acceptors (Lipinski definition) is 3. The third kappa shape index (κ3) is 4.24. The average molecular weight is 316 g/mol. The Labute approximate surface area is 139 Å². The van der Waals surface area contributed by atoms with Crippen LogP contribution in [0.25, 0.3) is 0 Å². The molecule has 2 aliphatic rings. The quantitative estimate of drug-likeness (QED) is 0.679. The van der Waals surface area contributed by atoms with Gasteiger partial charge in [-0.3, -0.25) is 9.89 Å². The number of guanidine groups is 1. The minimum absolute atomic E-state index is 0.278. The Morgan fingerprint density at radius 2 is 1.78 bits per heavy atom. The molecule has 2 heterocycles. The molecule has 126 valence electrons. The Morgan fingerprint density at radius 1 is 1.13 bits per heavy atom. The summed E-state index contributed by atoms with van der Waals surface area (Å²) in [5.41, 5.74) is 8.79. The zero-order valence-corrected chi connectivity index (χ0v) is 14.1. The van der Waals surface area contributed by atoms with Crippen molar-refractivity contribution in [3.05, 3.63) is 35.4 Å². The summed E-state index contributed by atoms with van der Waals surface area (Å²) < 4.78 is 5.50. The Kier molecular flexibility index (Phi) is 5.51. The van der Waals surface area contributed by atoms with Gasteiger partial charge in [0.15, 0.2) is 5.96 Å². The molecule has 2 aliphatic heterocycles. The van der Waals surface area contributed by atoms with Crippen LogP contribution in [0.5, 0.6) is 0 Å². The second-order valence-electron chi connectivity index (χ2n) is 6.47. The molecule has 1 atom stereocenters. The molecule has 0 aromatic heterocycles. The maximum atomic E-state index is 6.19. The molecule has 0 amide bonds. The van der Waals surface area contributed by atoms with Gasteiger partial charge in [0, 0.05) is 26.2 Å². The second-order valence-corrected chi connectivity index (χ2v) is 6.47. The molecule has 2 saturated heterocycles. The summed E-state index contributed by atoms with van der Waals surface area (Å²) in [4.78, 5) is 9.39. The molecule has 0 spiro atoms. The Morgan fingerprint density at radius 3 is 2.43 bits per heavy atom. The van der Waals surface area contributed by atoms with Crippen LogP contribution < -0.4 is 5.73 Å². The first-order valence-corrected chi connectivity index (χ1v) is 8.67. The van der Waals surface area contributed by atoms with Crippen molar-refractivity contribution in [2.45, 2.75) is 25.8 Å². The lowest BCUT2D eigenvalue weighted by atomic mass is 10.0. The summed E-state index contributed by atoms with van der Waals surface area (Å²) in [6.45, 7) is 8.43. The fourth-order valence-electron chi connectivity index (χ4n) is 3.34. The van der Waals surface area contributed by atoms with Crippen LogP contribution in [0.4, 0.5) is 0 Å². The third-order valence-electron chi connectivity index (χ3n) is 4.80. The molecule has 0 saturated carbocycles. The first-order chi connectivity index (χ1) is 11.2. The number of aliphatic imine (C=N–C) groups is 1. The second kappa shape index (κ2) is 7.79. The highest BCUT2D eigenvalue weighted by Crippen LogP contribution is 2.23. The molecular weight excluding hydrogens is 288 g/mol. The number of rotatable bonds is 4. The maximum absolute atomic E-state index is 6.19. The van der Waals surface area contributed by atoms with Crippen LogP contribution in [-0.2, 0) is 4.74 Å². The molecule has 5 nitrogen and oxygen atoms in total. The van der Waals surface area contributed by atoms with E-state index in [1.165, 1.54) is 24.0 Å². The number of likely N-dealkylation sites (tertiary alicyclic amines) is 1. The van der Waals surface area contributed by atoms with E-state index in [4.69, 9.17) is 15.5 Å². The van der Waals surface area contributed by atoms with Gasteiger partial charge in [-0.1, -0.05) is 29.8 Å².